The lowest BCUT2D eigenvalue weighted by atomic mass is 10.1. The van der Waals surface area contributed by atoms with Gasteiger partial charge >= 0.3 is 0 Å². The molecule has 0 saturated heterocycles. The molecule has 0 aliphatic carbocycles. The third-order valence-electron chi connectivity index (χ3n) is 3.94. The number of aromatic nitrogens is 2. The topological polar surface area (TPSA) is 106 Å². The van der Waals surface area contributed by atoms with Gasteiger partial charge in [-0.2, -0.15) is 5.10 Å². The van der Waals surface area contributed by atoms with Gasteiger partial charge in [0, 0.05) is 31.4 Å². The summed E-state index contributed by atoms with van der Waals surface area (Å²) in [6.45, 7) is 2.49. The number of carbonyl (C=O) groups excluding carboxylic acids is 2. The summed E-state index contributed by atoms with van der Waals surface area (Å²) in [6, 6.07) is 8.43. The molecular weight excluding hydrogens is 320 g/mol. The second kappa shape index (κ2) is 7.16. The third-order valence-corrected chi connectivity index (χ3v) is 3.94. The molecule has 130 valence electrons. The number of nitrogens with one attached hydrogen (secondary N) is 1. The summed E-state index contributed by atoms with van der Waals surface area (Å²) in [5.41, 5.74) is 6.50. The molecule has 0 radical (unpaired) electrons. The fraction of sp³-hybridized carbons (Fsp3) is 0.294. The van der Waals surface area contributed by atoms with Crippen molar-refractivity contribution in [2.45, 2.75) is 32.0 Å². The predicted molar refractivity (Wildman–Crippen MR) is 93.8 cm³/mol. The number of nitrogens with zero attached hydrogens (tertiary/aromatic N) is 4. The lowest BCUT2D eigenvalue weighted by Crippen LogP contribution is -2.41. The summed E-state index contributed by atoms with van der Waals surface area (Å²) in [5, 5.41) is 8.74. The van der Waals surface area contributed by atoms with Crippen LogP contribution in [0.1, 0.15) is 13.3 Å². The second-order valence-corrected chi connectivity index (χ2v) is 5.98. The zero-order valence-electron chi connectivity index (χ0n) is 13.9. The number of hydrazone groups is 1. The summed E-state index contributed by atoms with van der Waals surface area (Å²) in [6.07, 6.45) is 5.39. The Bertz CT molecular complexity index is 772. The van der Waals surface area contributed by atoms with Gasteiger partial charge in [0.15, 0.2) is 0 Å². The Morgan fingerprint density at radius 3 is 2.76 bits per heavy atom. The van der Waals surface area contributed by atoms with E-state index < -0.39 is 11.9 Å². The van der Waals surface area contributed by atoms with Crippen molar-refractivity contribution >= 4 is 23.2 Å². The van der Waals surface area contributed by atoms with E-state index >= 15 is 0 Å². The van der Waals surface area contributed by atoms with E-state index in [9.17, 15) is 9.59 Å². The molecule has 1 aliphatic heterocycles. The van der Waals surface area contributed by atoms with Crippen molar-refractivity contribution in [2.24, 2.45) is 10.8 Å². The Kier molecular flexibility index (Phi) is 4.78. The normalized spacial score (nSPS) is 17.9. The molecule has 1 aliphatic rings. The van der Waals surface area contributed by atoms with Gasteiger partial charge in [-0.1, -0.05) is 18.2 Å². The standard InChI is InChI=1S/C17H20N6O2/c1-12(10-22-8-7-19-11-22)20-17(25)14-9-15(16(18)24)23(21-14)13-5-3-2-4-6-13/h2-8,11-12,15H,9-10H2,1H3,(H2,18,24)(H,20,25)/t12-,15+/m1/s1. The lowest BCUT2D eigenvalue weighted by molar-refractivity contribution is -0.119. The van der Waals surface area contributed by atoms with E-state index in [1.54, 1.807) is 12.5 Å². The maximum atomic E-state index is 12.5. The minimum absolute atomic E-state index is 0.109. The van der Waals surface area contributed by atoms with Crippen LogP contribution in [0.25, 0.3) is 0 Å². The number of imidazole rings is 1. The fourth-order valence-electron chi connectivity index (χ4n) is 2.75. The maximum Gasteiger partial charge on any atom is 0.267 e. The lowest BCUT2D eigenvalue weighted by Gasteiger charge is -2.20. The smallest absolute Gasteiger partial charge is 0.267 e. The molecule has 1 aromatic heterocycles. The van der Waals surface area contributed by atoms with Crippen LogP contribution in [-0.4, -0.2) is 39.2 Å². The SMILES string of the molecule is C[C@H](Cn1ccnc1)NC(=O)C1=NN(c2ccccc2)[C@H](C(N)=O)C1. The van der Waals surface area contributed by atoms with Gasteiger partial charge in [-0.05, 0) is 19.1 Å². The van der Waals surface area contributed by atoms with Crippen LogP contribution < -0.4 is 16.1 Å². The minimum atomic E-state index is -0.660. The van der Waals surface area contributed by atoms with Crippen LogP contribution in [0.3, 0.4) is 0 Å². The van der Waals surface area contributed by atoms with Gasteiger partial charge in [0.1, 0.15) is 11.8 Å². The van der Waals surface area contributed by atoms with Crippen LogP contribution >= 0.6 is 0 Å². The highest BCUT2D eigenvalue weighted by atomic mass is 16.2. The van der Waals surface area contributed by atoms with Crippen LogP contribution in [0.4, 0.5) is 5.69 Å². The van der Waals surface area contributed by atoms with Crippen molar-refractivity contribution in [3.8, 4) is 0 Å². The number of carbonyl (C=O) groups is 2. The number of benzene rings is 1. The molecule has 0 fully saturated rings. The highest BCUT2D eigenvalue weighted by Crippen LogP contribution is 2.24. The second-order valence-electron chi connectivity index (χ2n) is 5.98. The van der Waals surface area contributed by atoms with Crippen molar-refractivity contribution in [1.29, 1.82) is 0 Å². The van der Waals surface area contributed by atoms with Crippen LogP contribution in [0.2, 0.25) is 0 Å². The van der Waals surface area contributed by atoms with Crippen molar-refractivity contribution < 1.29 is 9.59 Å². The molecule has 3 rings (SSSR count). The highest BCUT2D eigenvalue weighted by molar-refractivity contribution is 6.40. The first-order valence-corrected chi connectivity index (χ1v) is 8.02. The summed E-state index contributed by atoms with van der Waals surface area (Å²) in [7, 11) is 0. The van der Waals surface area contributed by atoms with Gasteiger partial charge in [-0.25, -0.2) is 4.98 Å². The third kappa shape index (κ3) is 3.85. The Balaban J connectivity index is 1.70. The van der Waals surface area contributed by atoms with Gasteiger partial charge in [0.05, 0.1) is 12.0 Å². The van der Waals surface area contributed by atoms with Gasteiger partial charge in [-0.3, -0.25) is 14.6 Å². The molecule has 25 heavy (non-hydrogen) atoms. The van der Waals surface area contributed by atoms with Crippen molar-refractivity contribution in [3.05, 3.63) is 49.1 Å². The largest absolute Gasteiger partial charge is 0.368 e. The number of amides is 2. The molecule has 0 spiro atoms. The molecule has 0 unspecified atom stereocenters. The molecule has 0 saturated carbocycles. The van der Waals surface area contributed by atoms with Crippen molar-refractivity contribution in [1.82, 2.24) is 14.9 Å². The summed E-state index contributed by atoms with van der Waals surface area (Å²) in [4.78, 5) is 28.2. The van der Waals surface area contributed by atoms with E-state index in [1.165, 1.54) is 5.01 Å². The van der Waals surface area contributed by atoms with Crippen LogP contribution in [0, 0.1) is 0 Å². The first-order valence-electron chi connectivity index (χ1n) is 8.02. The van der Waals surface area contributed by atoms with E-state index in [4.69, 9.17) is 5.73 Å². The monoisotopic (exact) mass is 340 g/mol. The van der Waals surface area contributed by atoms with Crippen LogP contribution in [0.5, 0.6) is 0 Å². The molecular formula is C17H20N6O2. The molecule has 2 amide bonds. The van der Waals surface area contributed by atoms with E-state index in [2.05, 4.69) is 15.4 Å². The number of primary amides is 1. The first kappa shape index (κ1) is 16.7. The van der Waals surface area contributed by atoms with E-state index in [1.807, 2.05) is 48.0 Å². The van der Waals surface area contributed by atoms with Gasteiger partial charge < -0.3 is 15.6 Å². The molecule has 2 atom stereocenters. The Morgan fingerprint density at radius 2 is 2.12 bits per heavy atom. The Morgan fingerprint density at radius 1 is 1.36 bits per heavy atom. The van der Waals surface area contributed by atoms with Gasteiger partial charge in [0.25, 0.3) is 5.91 Å². The number of hydrogen-bond acceptors (Lipinski definition) is 5. The summed E-state index contributed by atoms with van der Waals surface area (Å²) in [5.74, 6) is -0.806. The van der Waals surface area contributed by atoms with Crippen molar-refractivity contribution in [2.75, 3.05) is 5.01 Å². The molecule has 3 N–H and O–H groups in total. The average Bonchev–Trinajstić information content (AvgIpc) is 3.24. The first-order chi connectivity index (χ1) is 12.0. The van der Waals surface area contributed by atoms with E-state index in [0.717, 1.165) is 5.69 Å². The van der Waals surface area contributed by atoms with Gasteiger partial charge in [0.2, 0.25) is 5.91 Å². The van der Waals surface area contributed by atoms with Crippen LogP contribution in [-0.2, 0) is 16.1 Å². The van der Waals surface area contributed by atoms with Crippen LogP contribution in [0.15, 0.2) is 54.2 Å². The van der Waals surface area contributed by atoms with E-state index in [0.29, 0.717) is 12.3 Å². The number of hydrogen-bond donors (Lipinski definition) is 2. The average molecular weight is 340 g/mol. The Hall–Kier alpha value is -3.16. The van der Waals surface area contributed by atoms with Crippen molar-refractivity contribution in [3.63, 3.8) is 0 Å². The Labute approximate surface area is 145 Å². The minimum Gasteiger partial charge on any atom is -0.368 e. The number of para-hydroxylation sites is 1. The fourth-order valence-corrected chi connectivity index (χ4v) is 2.75. The number of rotatable bonds is 6. The predicted octanol–water partition coefficient (Wildman–Crippen LogP) is 0.508. The number of anilines is 1. The quantitative estimate of drug-likeness (QED) is 0.799. The molecule has 2 heterocycles. The maximum absolute atomic E-state index is 12.5. The molecule has 8 heteroatoms. The molecule has 1 aromatic carbocycles. The molecule has 8 nitrogen and oxygen atoms in total. The summed E-state index contributed by atoms with van der Waals surface area (Å²) >= 11 is 0. The zero-order valence-corrected chi connectivity index (χ0v) is 13.9. The summed E-state index contributed by atoms with van der Waals surface area (Å²) < 4.78 is 1.88. The molecule has 2 aromatic rings. The number of nitrogens with two attached hydrogens (primary N) is 1. The van der Waals surface area contributed by atoms with Gasteiger partial charge in [-0.15, -0.1) is 0 Å². The zero-order chi connectivity index (χ0) is 17.8. The highest BCUT2D eigenvalue weighted by Gasteiger charge is 2.35. The molecule has 0 bridgehead atoms. The van der Waals surface area contributed by atoms with E-state index in [-0.39, 0.29) is 18.4 Å².